The van der Waals surface area contributed by atoms with Crippen LogP contribution in [0.5, 0.6) is 0 Å². The Morgan fingerprint density at radius 3 is 2.65 bits per heavy atom. The first-order valence-corrected chi connectivity index (χ1v) is 7.76. The first kappa shape index (κ1) is 14.1. The summed E-state index contributed by atoms with van der Waals surface area (Å²) in [5.41, 5.74) is 0.944. The van der Waals surface area contributed by atoms with Gasteiger partial charge in [0.15, 0.2) is 0 Å². The number of hydrogen-bond donors (Lipinski definition) is 1. The van der Waals surface area contributed by atoms with Gasteiger partial charge in [-0.25, -0.2) is 4.79 Å². The van der Waals surface area contributed by atoms with Crippen LogP contribution in [0.3, 0.4) is 0 Å². The van der Waals surface area contributed by atoms with Crippen molar-refractivity contribution in [1.82, 2.24) is 0 Å². The molecular formula is C17H26O3. The van der Waals surface area contributed by atoms with Gasteiger partial charge in [0, 0.05) is 11.5 Å². The van der Waals surface area contributed by atoms with E-state index in [0.29, 0.717) is 23.8 Å². The molecule has 0 amide bonds. The molecule has 0 unspecified atom stereocenters. The molecule has 3 nitrogen and oxygen atoms in total. The second kappa shape index (κ2) is 4.09. The second-order valence-corrected chi connectivity index (χ2v) is 7.76. The van der Waals surface area contributed by atoms with E-state index in [0.717, 1.165) is 5.57 Å². The van der Waals surface area contributed by atoms with Crippen molar-refractivity contribution in [1.29, 1.82) is 0 Å². The highest BCUT2D eigenvalue weighted by Crippen LogP contribution is 2.68. The molecule has 2 fully saturated rings. The fourth-order valence-corrected chi connectivity index (χ4v) is 5.69. The van der Waals surface area contributed by atoms with Gasteiger partial charge in [-0.05, 0) is 54.9 Å². The maximum Gasteiger partial charge on any atom is 0.333 e. The van der Waals surface area contributed by atoms with E-state index in [4.69, 9.17) is 4.74 Å². The first-order chi connectivity index (χ1) is 9.25. The quantitative estimate of drug-likeness (QED) is 0.750. The molecule has 3 aliphatic rings. The van der Waals surface area contributed by atoms with E-state index in [1.54, 1.807) is 0 Å². The third-order valence-electron chi connectivity index (χ3n) is 6.65. The fraction of sp³-hybridized carbons (Fsp3) is 0.824. The summed E-state index contributed by atoms with van der Waals surface area (Å²) in [6.07, 6.45) is 3.06. The van der Waals surface area contributed by atoms with E-state index in [9.17, 15) is 9.90 Å². The lowest BCUT2D eigenvalue weighted by molar-refractivity contribution is -0.136. The molecule has 3 aliphatic carbocycles. The average molecular weight is 278 g/mol. The lowest BCUT2D eigenvalue weighted by Crippen LogP contribution is -2.44. The SMILES string of the molecule is COC(=O)C1=C(C)[C@]2(O)[C@H](C1)[C@H](C)[C@@H]1CCC(C)(C)[C@H]12. The summed E-state index contributed by atoms with van der Waals surface area (Å²) < 4.78 is 4.91. The van der Waals surface area contributed by atoms with Gasteiger partial charge in [-0.3, -0.25) is 0 Å². The summed E-state index contributed by atoms with van der Waals surface area (Å²) in [6.45, 7) is 8.74. The zero-order valence-corrected chi connectivity index (χ0v) is 13.2. The van der Waals surface area contributed by atoms with Crippen molar-refractivity contribution in [3.8, 4) is 0 Å². The Morgan fingerprint density at radius 1 is 1.40 bits per heavy atom. The summed E-state index contributed by atoms with van der Waals surface area (Å²) in [5.74, 6) is 1.27. The minimum Gasteiger partial charge on any atom is -0.466 e. The van der Waals surface area contributed by atoms with Gasteiger partial charge < -0.3 is 9.84 Å². The average Bonchev–Trinajstić information content (AvgIpc) is 2.92. The van der Waals surface area contributed by atoms with Crippen molar-refractivity contribution in [2.75, 3.05) is 7.11 Å². The Morgan fingerprint density at radius 2 is 2.05 bits per heavy atom. The molecule has 112 valence electrons. The smallest absolute Gasteiger partial charge is 0.333 e. The molecule has 0 bridgehead atoms. The third-order valence-corrected chi connectivity index (χ3v) is 6.65. The van der Waals surface area contributed by atoms with Crippen LogP contribution in [0.25, 0.3) is 0 Å². The van der Waals surface area contributed by atoms with Crippen LogP contribution in [0.15, 0.2) is 11.1 Å². The highest BCUT2D eigenvalue weighted by Gasteiger charge is 2.67. The molecule has 0 aromatic heterocycles. The molecule has 3 rings (SSSR count). The van der Waals surface area contributed by atoms with Gasteiger partial charge in [0.2, 0.25) is 0 Å². The summed E-state index contributed by atoms with van der Waals surface area (Å²) in [5, 5.41) is 11.5. The highest BCUT2D eigenvalue weighted by atomic mass is 16.5. The van der Waals surface area contributed by atoms with Crippen molar-refractivity contribution in [3.63, 3.8) is 0 Å². The van der Waals surface area contributed by atoms with Crippen LogP contribution in [0.4, 0.5) is 0 Å². The second-order valence-electron chi connectivity index (χ2n) is 7.76. The van der Waals surface area contributed by atoms with E-state index < -0.39 is 5.60 Å². The fourth-order valence-electron chi connectivity index (χ4n) is 5.69. The molecule has 0 aromatic rings. The van der Waals surface area contributed by atoms with Crippen LogP contribution in [-0.4, -0.2) is 23.8 Å². The number of methoxy groups -OCH3 is 1. The molecule has 20 heavy (non-hydrogen) atoms. The number of aliphatic hydroxyl groups is 1. The summed E-state index contributed by atoms with van der Waals surface area (Å²) >= 11 is 0. The largest absolute Gasteiger partial charge is 0.466 e. The molecule has 2 saturated carbocycles. The lowest BCUT2D eigenvalue weighted by atomic mass is 9.69. The van der Waals surface area contributed by atoms with Crippen molar-refractivity contribution in [2.24, 2.45) is 29.1 Å². The first-order valence-electron chi connectivity index (χ1n) is 7.76. The van der Waals surface area contributed by atoms with Gasteiger partial charge in [-0.1, -0.05) is 20.8 Å². The van der Waals surface area contributed by atoms with Crippen LogP contribution < -0.4 is 0 Å². The van der Waals surface area contributed by atoms with Crippen molar-refractivity contribution in [2.45, 2.75) is 52.6 Å². The molecule has 1 N–H and O–H groups in total. The van der Waals surface area contributed by atoms with Crippen LogP contribution >= 0.6 is 0 Å². The maximum absolute atomic E-state index is 12.0. The number of rotatable bonds is 1. The molecule has 0 aliphatic heterocycles. The molecule has 0 radical (unpaired) electrons. The molecule has 3 heteroatoms. The zero-order chi connectivity index (χ0) is 14.9. The standard InChI is InChI=1S/C17H26O3/c1-9-11-6-7-16(3,4)14(11)17(19)10(2)12(8-13(9)17)15(18)20-5/h9,11,13-14,19H,6-8H2,1-5H3/t9-,11+,13-,14+,17+/m1/s1. The van der Waals surface area contributed by atoms with Gasteiger partial charge in [-0.15, -0.1) is 0 Å². The van der Waals surface area contributed by atoms with Crippen LogP contribution in [0.2, 0.25) is 0 Å². The van der Waals surface area contributed by atoms with E-state index >= 15 is 0 Å². The Labute approximate surface area is 121 Å². The predicted octanol–water partition coefficient (Wildman–Crippen LogP) is 2.93. The molecular weight excluding hydrogens is 252 g/mol. The Kier molecular flexibility index (Phi) is 2.89. The van der Waals surface area contributed by atoms with Gasteiger partial charge in [-0.2, -0.15) is 0 Å². The van der Waals surface area contributed by atoms with E-state index in [2.05, 4.69) is 20.8 Å². The Bertz CT molecular complexity index is 490. The van der Waals surface area contributed by atoms with Gasteiger partial charge in [0.05, 0.1) is 12.7 Å². The van der Waals surface area contributed by atoms with E-state index in [1.807, 2.05) is 6.92 Å². The Balaban J connectivity index is 2.09. The van der Waals surface area contributed by atoms with E-state index in [1.165, 1.54) is 20.0 Å². The van der Waals surface area contributed by atoms with Crippen molar-refractivity contribution >= 4 is 5.97 Å². The lowest BCUT2D eigenvalue weighted by Gasteiger charge is -2.40. The predicted molar refractivity (Wildman–Crippen MR) is 76.9 cm³/mol. The van der Waals surface area contributed by atoms with Crippen LogP contribution in [0, 0.1) is 29.1 Å². The van der Waals surface area contributed by atoms with Crippen molar-refractivity contribution in [3.05, 3.63) is 11.1 Å². The third kappa shape index (κ3) is 1.47. The van der Waals surface area contributed by atoms with Crippen LogP contribution in [0.1, 0.15) is 47.0 Å². The zero-order valence-electron chi connectivity index (χ0n) is 13.2. The summed E-state index contributed by atoms with van der Waals surface area (Å²) in [4.78, 5) is 12.0. The maximum atomic E-state index is 12.0. The molecule has 5 atom stereocenters. The number of carbonyl (C=O) groups is 1. The highest BCUT2D eigenvalue weighted by molar-refractivity contribution is 5.90. The topological polar surface area (TPSA) is 46.5 Å². The minimum absolute atomic E-state index is 0.148. The van der Waals surface area contributed by atoms with Crippen LogP contribution in [-0.2, 0) is 9.53 Å². The molecule has 0 saturated heterocycles. The van der Waals surface area contributed by atoms with Gasteiger partial charge in [0.25, 0.3) is 0 Å². The van der Waals surface area contributed by atoms with Gasteiger partial charge >= 0.3 is 5.97 Å². The number of ether oxygens (including phenoxy) is 1. The number of carbonyl (C=O) groups excluding carboxylic acids is 1. The summed E-state index contributed by atoms with van der Waals surface area (Å²) in [6, 6.07) is 0. The summed E-state index contributed by atoms with van der Waals surface area (Å²) in [7, 11) is 1.42. The number of hydrogen-bond acceptors (Lipinski definition) is 3. The van der Waals surface area contributed by atoms with Crippen molar-refractivity contribution < 1.29 is 14.6 Å². The Hall–Kier alpha value is -0.830. The molecule has 0 aromatic carbocycles. The van der Waals surface area contributed by atoms with Gasteiger partial charge in [0.1, 0.15) is 0 Å². The molecule has 0 heterocycles. The monoisotopic (exact) mass is 278 g/mol. The normalized spacial score (nSPS) is 45.5. The number of fused-ring (bicyclic) bond motifs is 3. The molecule has 0 spiro atoms. The minimum atomic E-state index is -0.798. The van der Waals surface area contributed by atoms with E-state index in [-0.39, 0.29) is 23.2 Å². The number of esters is 1.